The van der Waals surface area contributed by atoms with Crippen molar-refractivity contribution in [3.8, 4) is 0 Å². The molecule has 7 heteroatoms. The summed E-state index contributed by atoms with van der Waals surface area (Å²) in [5.41, 5.74) is 1.20. The zero-order valence-corrected chi connectivity index (χ0v) is 15.4. The van der Waals surface area contributed by atoms with E-state index in [-0.39, 0.29) is 18.1 Å². The number of urea groups is 1. The molecule has 2 rings (SSSR count). The number of likely N-dealkylation sites (N-methyl/N-ethyl adjacent to an activating group) is 1. The van der Waals surface area contributed by atoms with Gasteiger partial charge in [-0.1, -0.05) is 44.2 Å². The van der Waals surface area contributed by atoms with E-state index >= 15 is 0 Å². The lowest BCUT2D eigenvalue weighted by molar-refractivity contribution is 0.205. The molecule has 0 aliphatic carbocycles. The molecule has 0 saturated heterocycles. The zero-order valence-electron chi connectivity index (χ0n) is 15.4. The van der Waals surface area contributed by atoms with Crippen LogP contribution in [-0.4, -0.2) is 45.3 Å². The third-order valence-corrected chi connectivity index (χ3v) is 4.37. The lowest BCUT2D eigenvalue weighted by Crippen LogP contribution is -2.43. The number of hydrogen-bond donors (Lipinski definition) is 2. The second kappa shape index (κ2) is 9.17. The van der Waals surface area contributed by atoms with Crippen molar-refractivity contribution in [2.45, 2.75) is 32.9 Å². The van der Waals surface area contributed by atoms with Crippen LogP contribution in [0.4, 0.5) is 4.79 Å². The Bertz CT molecular complexity index is 653. The van der Waals surface area contributed by atoms with Crippen LogP contribution in [0.15, 0.2) is 36.7 Å². The van der Waals surface area contributed by atoms with Gasteiger partial charge >= 0.3 is 6.03 Å². The fourth-order valence-corrected chi connectivity index (χ4v) is 2.98. The molecule has 2 N–H and O–H groups in total. The van der Waals surface area contributed by atoms with Crippen molar-refractivity contribution < 1.29 is 4.79 Å². The van der Waals surface area contributed by atoms with Crippen molar-refractivity contribution in [2.24, 2.45) is 7.05 Å². The maximum atomic E-state index is 12.3. The van der Waals surface area contributed by atoms with Crippen LogP contribution < -0.4 is 10.6 Å². The predicted molar refractivity (Wildman–Crippen MR) is 98.1 cm³/mol. The van der Waals surface area contributed by atoms with E-state index in [1.807, 2.05) is 32.2 Å². The van der Waals surface area contributed by atoms with Gasteiger partial charge in [0.25, 0.3) is 0 Å². The molecule has 2 aromatic rings. The second-order valence-electron chi connectivity index (χ2n) is 6.02. The summed E-state index contributed by atoms with van der Waals surface area (Å²) in [6.45, 7) is 8.56. The molecule has 0 fully saturated rings. The topological polar surface area (TPSA) is 75.1 Å². The first-order valence-electron chi connectivity index (χ1n) is 8.74. The molecule has 136 valence electrons. The van der Waals surface area contributed by atoms with Crippen molar-refractivity contribution in [1.29, 1.82) is 0 Å². The molecule has 0 unspecified atom stereocenters. The van der Waals surface area contributed by atoms with E-state index in [0.29, 0.717) is 6.54 Å². The largest absolute Gasteiger partial charge is 0.336 e. The van der Waals surface area contributed by atoms with E-state index in [0.717, 1.165) is 18.9 Å². The van der Waals surface area contributed by atoms with Gasteiger partial charge in [-0.15, -0.1) is 10.2 Å². The Hall–Kier alpha value is -2.41. The normalized spacial score (nSPS) is 13.5. The van der Waals surface area contributed by atoms with Crippen molar-refractivity contribution in [3.05, 3.63) is 48.0 Å². The minimum atomic E-state index is -0.212. The van der Waals surface area contributed by atoms with Crippen LogP contribution >= 0.6 is 0 Å². The SMILES string of the molecule is CCN(CC)[C@@H](CNC(=O)N[C@H](C)c1nncn1C)c1ccccc1. The molecule has 25 heavy (non-hydrogen) atoms. The minimum absolute atomic E-state index is 0.145. The van der Waals surface area contributed by atoms with Crippen LogP contribution in [0.3, 0.4) is 0 Å². The van der Waals surface area contributed by atoms with E-state index in [2.05, 4.69) is 51.7 Å². The number of rotatable bonds is 8. The highest BCUT2D eigenvalue weighted by molar-refractivity contribution is 5.74. The van der Waals surface area contributed by atoms with Gasteiger partial charge in [-0.2, -0.15) is 0 Å². The van der Waals surface area contributed by atoms with Gasteiger partial charge in [-0.3, -0.25) is 4.90 Å². The second-order valence-corrected chi connectivity index (χ2v) is 6.02. The number of amides is 2. The monoisotopic (exact) mass is 344 g/mol. The molecule has 7 nitrogen and oxygen atoms in total. The summed E-state index contributed by atoms with van der Waals surface area (Å²) in [6, 6.07) is 10.00. The molecule has 1 heterocycles. The zero-order chi connectivity index (χ0) is 18.2. The van der Waals surface area contributed by atoms with Crippen molar-refractivity contribution >= 4 is 6.03 Å². The average molecular weight is 344 g/mol. The maximum absolute atomic E-state index is 12.3. The molecular weight excluding hydrogens is 316 g/mol. The molecule has 1 aromatic carbocycles. The van der Waals surface area contributed by atoms with E-state index in [1.54, 1.807) is 10.9 Å². The molecule has 2 amide bonds. The molecule has 0 spiro atoms. The van der Waals surface area contributed by atoms with Crippen LogP contribution in [0.1, 0.15) is 44.2 Å². The van der Waals surface area contributed by atoms with Gasteiger partial charge in [-0.25, -0.2) is 4.79 Å². The Labute approximate surface area is 149 Å². The van der Waals surface area contributed by atoms with E-state index < -0.39 is 0 Å². The van der Waals surface area contributed by atoms with E-state index in [1.165, 1.54) is 5.56 Å². The summed E-state index contributed by atoms with van der Waals surface area (Å²) in [4.78, 5) is 14.6. The Balaban J connectivity index is 1.97. The first kappa shape index (κ1) is 18.9. The number of hydrogen-bond acceptors (Lipinski definition) is 4. The Morgan fingerprint density at radius 3 is 2.48 bits per heavy atom. The van der Waals surface area contributed by atoms with Gasteiger partial charge in [-0.05, 0) is 25.6 Å². The molecular formula is C18H28N6O. The van der Waals surface area contributed by atoms with Crippen LogP contribution in [0.25, 0.3) is 0 Å². The molecule has 0 aliphatic rings. The standard InChI is InChI=1S/C18H28N6O/c1-5-24(6-2)16(15-10-8-7-9-11-15)12-19-18(25)21-14(3)17-22-20-13-23(17)4/h7-11,13-14,16H,5-6,12H2,1-4H3,(H2,19,21,25)/t14-,16+/m1/s1. The Morgan fingerprint density at radius 2 is 1.92 bits per heavy atom. The van der Waals surface area contributed by atoms with Crippen LogP contribution in [0, 0.1) is 0 Å². The fraction of sp³-hybridized carbons (Fsp3) is 0.500. The molecule has 0 bridgehead atoms. The first-order valence-corrected chi connectivity index (χ1v) is 8.74. The van der Waals surface area contributed by atoms with E-state index in [4.69, 9.17) is 0 Å². The number of nitrogens with zero attached hydrogens (tertiary/aromatic N) is 4. The van der Waals surface area contributed by atoms with Crippen molar-refractivity contribution in [3.63, 3.8) is 0 Å². The summed E-state index contributed by atoms with van der Waals surface area (Å²) >= 11 is 0. The quantitative estimate of drug-likeness (QED) is 0.770. The average Bonchev–Trinajstić information content (AvgIpc) is 3.05. The number of carbonyl (C=O) groups excluding carboxylic acids is 1. The minimum Gasteiger partial charge on any atom is -0.336 e. The van der Waals surface area contributed by atoms with E-state index in [9.17, 15) is 4.79 Å². The third kappa shape index (κ3) is 5.03. The maximum Gasteiger partial charge on any atom is 0.315 e. The van der Waals surface area contributed by atoms with Gasteiger partial charge in [0.2, 0.25) is 0 Å². The Kier molecular flexibility index (Phi) is 6.94. The van der Waals surface area contributed by atoms with Crippen LogP contribution in [0.2, 0.25) is 0 Å². The summed E-state index contributed by atoms with van der Waals surface area (Å²) in [5.74, 6) is 0.721. The number of benzene rings is 1. The predicted octanol–water partition coefficient (Wildman–Crippen LogP) is 2.26. The number of aromatic nitrogens is 3. The Morgan fingerprint density at radius 1 is 1.24 bits per heavy atom. The first-order chi connectivity index (χ1) is 12.1. The fourth-order valence-electron chi connectivity index (χ4n) is 2.98. The number of aryl methyl sites for hydroxylation is 1. The van der Waals surface area contributed by atoms with Crippen LogP contribution in [-0.2, 0) is 7.05 Å². The number of nitrogens with one attached hydrogen (secondary N) is 2. The van der Waals surface area contributed by atoms with Gasteiger partial charge in [0, 0.05) is 13.6 Å². The van der Waals surface area contributed by atoms with Crippen molar-refractivity contribution in [1.82, 2.24) is 30.3 Å². The smallest absolute Gasteiger partial charge is 0.315 e. The third-order valence-electron chi connectivity index (χ3n) is 4.37. The van der Waals surface area contributed by atoms with Gasteiger partial charge in [0.05, 0.1) is 12.1 Å². The van der Waals surface area contributed by atoms with Gasteiger partial charge in [0.15, 0.2) is 5.82 Å². The molecule has 0 saturated carbocycles. The van der Waals surface area contributed by atoms with Crippen molar-refractivity contribution in [2.75, 3.05) is 19.6 Å². The highest BCUT2D eigenvalue weighted by atomic mass is 16.2. The highest BCUT2D eigenvalue weighted by Crippen LogP contribution is 2.19. The number of carbonyl (C=O) groups is 1. The van der Waals surface area contributed by atoms with Gasteiger partial charge < -0.3 is 15.2 Å². The molecule has 0 aliphatic heterocycles. The summed E-state index contributed by atoms with van der Waals surface area (Å²) in [7, 11) is 1.86. The highest BCUT2D eigenvalue weighted by Gasteiger charge is 2.20. The lowest BCUT2D eigenvalue weighted by Gasteiger charge is -2.30. The summed E-state index contributed by atoms with van der Waals surface area (Å²) in [5, 5.41) is 13.8. The lowest BCUT2D eigenvalue weighted by atomic mass is 10.1. The van der Waals surface area contributed by atoms with Gasteiger partial charge in [0.1, 0.15) is 6.33 Å². The molecule has 1 aromatic heterocycles. The van der Waals surface area contributed by atoms with Crippen LogP contribution in [0.5, 0.6) is 0 Å². The molecule has 2 atom stereocenters. The molecule has 0 radical (unpaired) electrons. The summed E-state index contributed by atoms with van der Waals surface area (Å²) in [6.07, 6.45) is 1.62. The summed E-state index contributed by atoms with van der Waals surface area (Å²) < 4.78 is 1.80.